The second kappa shape index (κ2) is 5.83. The monoisotopic (exact) mass is 315 g/mol. The highest BCUT2D eigenvalue weighted by molar-refractivity contribution is 6.02. The Morgan fingerprint density at radius 2 is 1.96 bits per heavy atom. The molecule has 1 saturated heterocycles. The molecule has 4 amide bonds. The van der Waals surface area contributed by atoms with Crippen molar-refractivity contribution in [3.05, 3.63) is 34.9 Å². The molecule has 2 N–H and O–H groups in total. The molecule has 3 rings (SSSR count). The van der Waals surface area contributed by atoms with Gasteiger partial charge in [-0.25, -0.2) is 0 Å². The molecule has 0 radical (unpaired) electrons. The normalized spacial score (nSPS) is 18.0. The average molecular weight is 315 g/mol. The summed E-state index contributed by atoms with van der Waals surface area (Å²) in [5, 5.41) is 4.96. The van der Waals surface area contributed by atoms with E-state index in [9.17, 15) is 19.2 Å². The smallest absolute Gasteiger partial charge is 0.254 e. The summed E-state index contributed by atoms with van der Waals surface area (Å²) in [5.74, 6) is -0.962. The van der Waals surface area contributed by atoms with Gasteiger partial charge in [-0.05, 0) is 17.2 Å². The van der Waals surface area contributed by atoms with Gasteiger partial charge in [-0.15, -0.1) is 0 Å². The number of carbonyl (C=O) groups is 4. The minimum absolute atomic E-state index is 0.116. The molecule has 1 aromatic carbocycles. The van der Waals surface area contributed by atoms with Crippen LogP contribution in [0.1, 0.15) is 41.3 Å². The number of piperidine rings is 1. The third kappa shape index (κ3) is 3.08. The highest BCUT2D eigenvalue weighted by Crippen LogP contribution is 2.28. The first-order chi connectivity index (χ1) is 10.9. The predicted octanol–water partition coefficient (Wildman–Crippen LogP) is 0.0837. The summed E-state index contributed by atoms with van der Waals surface area (Å²) in [7, 11) is 0. The van der Waals surface area contributed by atoms with Crippen molar-refractivity contribution >= 4 is 23.6 Å². The van der Waals surface area contributed by atoms with E-state index in [2.05, 4.69) is 10.6 Å². The Bertz CT molecular complexity index is 697. The Labute approximate surface area is 133 Å². The molecule has 0 aromatic heterocycles. The lowest BCUT2D eigenvalue weighted by atomic mass is 10.0. The van der Waals surface area contributed by atoms with Gasteiger partial charge in [-0.2, -0.15) is 0 Å². The van der Waals surface area contributed by atoms with Gasteiger partial charge in [0.05, 0.1) is 0 Å². The molecular weight excluding hydrogens is 298 g/mol. The number of rotatable bonds is 3. The SMILES string of the molecule is CC(=O)NCc1ccc2c(c1)CN(C1CC(=O)NC(=O)C1)C2=O. The van der Waals surface area contributed by atoms with E-state index in [-0.39, 0.29) is 36.5 Å². The van der Waals surface area contributed by atoms with Crippen LogP contribution in [0.2, 0.25) is 0 Å². The van der Waals surface area contributed by atoms with E-state index in [1.54, 1.807) is 17.0 Å². The van der Waals surface area contributed by atoms with E-state index in [1.807, 2.05) is 6.07 Å². The van der Waals surface area contributed by atoms with Crippen molar-refractivity contribution in [2.75, 3.05) is 0 Å². The van der Waals surface area contributed by atoms with Crippen molar-refractivity contribution in [3.8, 4) is 0 Å². The van der Waals surface area contributed by atoms with Crippen LogP contribution < -0.4 is 10.6 Å². The van der Waals surface area contributed by atoms with Gasteiger partial charge in [0.15, 0.2) is 0 Å². The van der Waals surface area contributed by atoms with Crippen molar-refractivity contribution < 1.29 is 19.2 Å². The minimum atomic E-state index is -0.394. The Morgan fingerprint density at radius 1 is 1.26 bits per heavy atom. The van der Waals surface area contributed by atoms with Crippen molar-refractivity contribution in [1.82, 2.24) is 15.5 Å². The summed E-state index contributed by atoms with van der Waals surface area (Å²) in [6, 6.07) is 5.03. The van der Waals surface area contributed by atoms with E-state index in [0.717, 1.165) is 11.1 Å². The summed E-state index contributed by atoms with van der Waals surface area (Å²) in [6.07, 6.45) is 0.286. The molecule has 1 fully saturated rings. The van der Waals surface area contributed by atoms with Crippen LogP contribution in [0.3, 0.4) is 0 Å². The summed E-state index contributed by atoms with van der Waals surface area (Å²) in [5.41, 5.74) is 2.36. The lowest BCUT2D eigenvalue weighted by molar-refractivity contribution is -0.135. The number of nitrogens with one attached hydrogen (secondary N) is 2. The zero-order valence-electron chi connectivity index (χ0n) is 12.7. The van der Waals surface area contributed by atoms with Crippen molar-refractivity contribution in [1.29, 1.82) is 0 Å². The molecule has 1 aromatic rings. The molecular formula is C16H17N3O4. The van der Waals surface area contributed by atoms with Crippen LogP contribution in [0, 0.1) is 0 Å². The summed E-state index contributed by atoms with van der Waals surface area (Å²) >= 11 is 0. The molecule has 120 valence electrons. The largest absolute Gasteiger partial charge is 0.352 e. The molecule has 0 spiro atoms. The van der Waals surface area contributed by atoms with Gasteiger partial charge >= 0.3 is 0 Å². The third-order valence-electron chi connectivity index (χ3n) is 4.10. The van der Waals surface area contributed by atoms with Gasteiger partial charge in [0.1, 0.15) is 0 Å². The number of hydrogen-bond acceptors (Lipinski definition) is 4. The van der Waals surface area contributed by atoms with Crippen LogP contribution >= 0.6 is 0 Å². The molecule has 0 unspecified atom stereocenters. The van der Waals surface area contributed by atoms with E-state index in [1.165, 1.54) is 6.92 Å². The predicted molar refractivity (Wildman–Crippen MR) is 80.0 cm³/mol. The lowest BCUT2D eigenvalue weighted by Gasteiger charge is -2.29. The fraction of sp³-hybridized carbons (Fsp3) is 0.375. The van der Waals surface area contributed by atoms with Gasteiger partial charge < -0.3 is 10.2 Å². The van der Waals surface area contributed by atoms with Crippen LogP contribution in [0.15, 0.2) is 18.2 Å². The molecule has 0 saturated carbocycles. The topological polar surface area (TPSA) is 95.6 Å². The van der Waals surface area contributed by atoms with Crippen molar-refractivity contribution in [3.63, 3.8) is 0 Å². The summed E-state index contributed by atoms with van der Waals surface area (Å²) in [4.78, 5) is 48.1. The summed E-state index contributed by atoms with van der Waals surface area (Å²) in [6.45, 7) is 2.23. The first kappa shape index (κ1) is 15.2. The number of imide groups is 1. The Hall–Kier alpha value is -2.70. The standard InChI is InChI=1S/C16H17N3O4/c1-9(20)17-7-10-2-3-13-11(4-10)8-19(16(13)23)12-5-14(21)18-15(22)6-12/h2-4,12H,5-8H2,1H3,(H,17,20)(H,18,21,22). The van der Waals surface area contributed by atoms with Crippen molar-refractivity contribution in [2.24, 2.45) is 0 Å². The van der Waals surface area contributed by atoms with E-state index in [4.69, 9.17) is 0 Å². The molecule has 2 heterocycles. The number of nitrogens with zero attached hydrogens (tertiary/aromatic N) is 1. The number of hydrogen-bond donors (Lipinski definition) is 2. The first-order valence-electron chi connectivity index (χ1n) is 7.44. The lowest BCUT2D eigenvalue weighted by Crippen LogP contribution is -2.48. The van der Waals surface area contributed by atoms with Crippen LogP contribution in [0.5, 0.6) is 0 Å². The molecule has 0 aliphatic carbocycles. The van der Waals surface area contributed by atoms with Crippen LogP contribution in [-0.4, -0.2) is 34.6 Å². The van der Waals surface area contributed by atoms with Gasteiger partial charge in [0, 0.05) is 44.5 Å². The molecule has 0 atom stereocenters. The second-order valence-corrected chi connectivity index (χ2v) is 5.87. The maximum atomic E-state index is 12.5. The average Bonchev–Trinajstić information content (AvgIpc) is 2.81. The third-order valence-corrected chi connectivity index (χ3v) is 4.10. The van der Waals surface area contributed by atoms with Crippen LogP contribution in [0.4, 0.5) is 0 Å². The number of fused-ring (bicyclic) bond motifs is 1. The van der Waals surface area contributed by atoms with Gasteiger partial charge in [-0.1, -0.05) is 12.1 Å². The zero-order valence-corrected chi connectivity index (χ0v) is 12.7. The van der Waals surface area contributed by atoms with Crippen molar-refractivity contribution in [2.45, 2.75) is 38.9 Å². The maximum Gasteiger partial charge on any atom is 0.254 e. The Morgan fingerprint density at radius 3 is 2.61 bits per heavy atom. The number of amides is 4. The van der Waals surface area contributed by atoms with E-state index in [0.29, 0.717) is 18.7 Å². The second-order valence-electron chi connectivity index (χ2n) is 5.87. The van der Waals surface area contributed by atoms with Gasteiger partial charge in [0.2, 0.25) is 17.7 Å². The van der Waals surface area contributed by atoms with Gasteiger partial charge in [0.25, 0.3) is 5.91 Å². The fourth-order valence-electron chi connectivity index (χ4n) is 3.01. The molecule has 7 nitrogen and oxygen atoms in total. The van der Waals surface area contributed by atoms with E-state index >= 15 is 0 Å². The van der Waals surface area contributed by atoms with Crippen LogP contribution in [-0.2, 0) is 27.5 Å². The highest BCUT2D eigenvalue weighted by Gasteiger charge is 2.37. The molecule has 2 aliphatic heterocycles. The zero-order chi connectivity index (χ0) is 16.6. The molecule has 0 bridgehead atoms. The number of benzene rings is 1. The molecule has 23 heavy (non-hydrogen) atoms. The molecule has 2 aliphatic rings. The minimum Gasteiger partial charge on any atom is -0.352 e. The quantitative estimate of drug-likeness (QED) is 0.772. The van der Waals surface area contributed by atoms with E-state index < -0.39 is 6.04 Å². The Kier molecular flexibility index (Phi) is 3.85. The first-order valence-corrected chi connectivity index (χ1v) is 7.44. The highest BCUT2D eigenvalue weighted by atomic mass is 16.2. The molecule has 7 heteroatoms. The van der Waals surface area contributed by atoms with Crippen LogP contribution in [0.25, 0.3) is 0 Å². The fourth-order valence-corrected chi connectivity index (χ4v) is 3.01. The summed E-state index contributed by atoms with van der Waals surface area (Å²) < 4.78 is 0. The number of carbonyl (C=O) groups excluding carboxylic acids is 4. The Balaban J connectivity index is 1.77. The van der Waals surface area contributed by atoms with Gasteiger partial charge in [-0.3, -0.25) is 24.5 Å². The maximum absolute atomic E-state index is 12.5.